The minimum atomic E-state index is -0.422. The molecule has 2 nitrogen and oxygen atoms in total. The molecule has 0 spiro atoms. The molecule has 0 N–H and O–H groups in total. The highest BCUT2D eigenvalue weighted by Crippen LogP contribution is 2.31. The SMILES string of the molecule is CC(C)CC(C)C(=O)C1(C)CO1. The van der Waals surface area contributed by atoms with Crippen molar-refractivity contribution in [3.05, 3.63) is 0 Å². The second-order valence-corrected chi connectivity index (χ2v) is 4.41. The summed E-state index contributed by atoms with van der Waals surface area (Å²) in [6, 6.07) is 0. The van der Waals surface area contributed by atoms with Crippen LogP contribution in [0.4, 0.5) is 0 Å². The summed E-state index contributed by atoms with van der Waals surface area (Å²) in [7, 11) is 0. The summed E-state index contributed by atoms with van der Waals surface area (Å²) < 4.78 is 5.11. The van der Waals surface area contributed by atoms with Gasteiger partial charge in [0.15, 0.2) is 5.78 Å². The molecule has 0 aliphatic carbocycles. The van der Waals surface area contributed by atoms with Crippen LogP contribution in [0.2, 0.25) is 0 Å². The molecule has 0 bridgehead atoms. The normalized spacial score (nSPS) is 30.4. The first-order valence-electron chi connectivity index (χ1n) is 4.64. The largest absolute Gasteiger partial charge is 0.362 e. The van der Waals surface area contributed by atoms with Gasteiger partial charge in [-0.15, -0.1) is 0 Å². The van der Waals surface area contributed by atoms with Crippen molar-refractivity contribution < 1.29 is 9.53 Å². The van der Waals surface area contributed by atoms with Crippen molar-refractivity contribution in [1.82, 2.24) is 0 Å². The van der Waals surface area contributed by atoms with Crippen LogP contribution in [0.1, 0.15) is 34.1 Å². The summed E-state index contributed by atoms with van der Waals surface area (Å²) in [4.78, 5) is 11.6. The summed E-state index contributed by atoms with van der Waals surface area (Å²) in [6.45, 7) is 8.77. The first-order valence-corrected chi connectivity index (χ1v) is 4.64. The van der Waals surface area contributed by atoms with Crippen molar-refractivity contribution in [2.45, 2.75) is 39.7 Å². The van der Waals surface area contributed by atoms with Gasteiger partial charge in [-0.3, -0.25) is 4.79 Å². The number of hydrogen-bond donors (Lipinski definition) is 0. The Bertz CT molecular complexity index is 180. The Morgan fingerprint density at radius 2 is 2.00 bits per heavy atom. The van der Waals surface area contributed by atoms with Crippen LogP contribution in [0.5, 0.6) is 0 Å². The summed E-state index contributed by atoms with van der Waals surface area (Å²) >= 11 is 0. The zero-order valence-electron chi connectivity index (χ0n) is 8.39. The summed E-state index contributed by atoms with van der Waals surface area (Å²) in [5.41, 5.74) is -0.422. The van der Waals surface area contributed by atoms with Crippen LogP contribution in [0.15, 0.2) is 0 Å². The number of Topliss-reactive ketones (excluding diaryl/α,β-unsaturated/α-hetero) is 1. The van der Waals surface area contributed by atoms with Crippen LogP contribution < -0.4 is 0 Å². The first kappa shape index (κ1) is 9.72. The molecule has 1 saturated heterocycles. The lowest BCUT2D eigenvalue weighted by Crippen LogP contribution is -2.27. The number of epoxide rings is 1. The van der Waals surface area contributed by atoms with E-state index in [9.17, 15) is 4.79 Å². The van der Waals surface area contributed by atoms with Gasteiger partial charge in [0.1, 0.15) is 5.60 Å². The van der Waals surface area contributed by atoms with Crippen LogP contribution in [0.25, 0.3) is 0 Å². The molecule has 1 aliphatic heterocycles. The van der Waals surface area contributed by atoms with Crippen LogP contribution in [0.3, 0.4) is 0 Å². The summed E-state index contributed by atoms with van der Waals surface area (Å²) in [5.74, 6) is 1.01. The number of carbonyl (C=O) groups excluding carboxylic acids is 1. The fourth-order valence-electron chi connectivity index (χ4n) is 1.59. The van der Waals surface area contributed by atoms with E-state index >= 15 is 0 Å². The van der Waals surface area contributed by atoms with Gasteiger partial charge in [-0.25, -0.2) is 0 Å². The average molecular weight is 170 g/mol. The third kappa shape index (κ3) is 2.07. The van der Waals surface area contributed by atoms with Gasteiger partial charge in [0.25, 0.3) is 0 Å². The van der Waals surface area contributed by atoms with Gasteiger partial charge in [-0.1, -0.05) is 20.8 Å². The third-order valence-corrected chi connectivity index (χ3v) is 2.37. The van der Waals surface area contributed by atoms with Crippen molar-refractivity contribution in [1.29, 1.82) is 0 Å². The molecular weight excluding hydrogens is 152 g/mol. The fraction of sp³-hybridized carbons (Fsp3) is 0.900. The molecule has 1 heterocycles. The Balaban J connectivity index is 2.42. The number of ether oxygens (including phenoxy) is 1. The van der Waals surface area contributed by atoms with Gasteiger partial charge in [-0.2, -0.15) is 0 Å². The van der Waals surface area contributed by atoms with Crippen molar-refractivity contribution in [2.75, 3.05) is 6.61 Å². The minimum Gasteiger partial charge on any atom is -0.362 e. The first-order chi connectivity index (χ1) is 5.46. The lowest BCUT2D eigenvalue weighted by Gasteiger charge is -2.14. The molecular formula is C10H18O2. The van der Waals surface area contributed by atoms with Crippen molar-refractivity contribution >= 4 is 5.78 Å². The average Bonchev–Trinajstić information content (AvgIpc) is 2.66. The number of ketones is 1. The van der Waals surface area contributed by atoms with Crippen LogP contribution in [-0.4, -0.2) is 18.0 Å². The molecule has 0 aromatic rings. The van der Waals surface area contributed by atoms with Gasteiger partial charge in [0.2, 0.25) is 0 Å². The predicted molar refractivity (Wildman–Crippen MR) is 48.0 cm³/mol. The molecule has 0 amide bonds. The van der Waals surface area contributed by atoms with Crippen LogP contribution in [-0.2, 0) is 9.53 Å². The Hall–Kier alpha value is -0.370. The van der Waals surface area contributed by atoms with E-state index in [1.807, 2.05) is 13.8 Å². The number of rotatable bonds is 4. The zero-order valence-corrected chi connectivity index (χ0v) is 8.39. The standard InChI is InChI=1S/C10H18O2/c1-7(2)5-8(3)9(11)10(4)6-12-10/h7-8H,5-6H2,1-4H3. The molecule has 1 rings (SSSR count). The molecule has 2 heteroatoms. The molecule has 0 aromatic heterocycles. The van der Waals surface area contributed by atoms with E-state index in [-0.39, 0.29) is 11.7 Å². The maximum atomic E-state index is 11.6. The molecule has 0 aromatic carbocycles. The van der Waals surface area contributed by atoms with Crippen LogP contribution >= 0.6 is 0 Å². The molecule has 0 radical (unpaired) electrons. The molecule has 2 unspecified atom stereocenters. The Morgan fingerprint density at radius 3 is 2.33 bits per heavy atom. The quantitative estimate of drug-likeness (QED) is 0.604. The van der Waals surface area contributed by atoms with E-state index < -0.39 is 5.60 Å². The van der Waals surface area contributed by atoms with Gasteiger partial charge < -0.3 is 4.74 Å². The monoisotopic (exact) mass is 170 g/mol. The second-order valence-electron chi connectivity index (χ2n) is 4.41. The van der Waals surface area contributed by atoms with E-state index in [0.29, 0.717) is 12.5 Å². The van der Waals surface area contributed by atoms with Crippen molar-refractivity contribution in [2.24, 2.45) is 11.8 Å². The Kier molecular flexibility index (Phi) is 2.57. The molecule has 2 atom stereocenters. The molecule has 1 fully saturated rings. The second kappa shape index (κ2) is 3.17. The smallest absolute Gasteiger partial charge is 0.169 e. The van der Waals surface area contributed by atoms with E-state index in [4.69, 9.17) is 4.74 Å². The van der Waals surface area contributed by atoms with E-state index in [1.54, 1.807) is 0 Å². The maximum absolute atomic E-state index is 11.6. The maximum Gasteiger partial charge on any atom is 0.169 e. The molecule has 1 aliphatic rings. The topological polar surface area (TPSA) is 29.6 Å². The number of hydrogen-bond acceptors (Lipinski definition) is 2. The summed E-state index contributed by atoms with van der Waals surface area (Å²) in [5, 5.41) is 0. The lowest BCUT2D eigenvalue weighted by molar-refractivity contribution is -0.127. The van der Waals surface area contributed by atoms with Gasteiger partial charge >= 0.3 is 0 Å². The highest BCUT2D eigenvalue weighted by molar-refractivity contribution is 5.90. The van der Waals surface area contributed by atoms with Crippen molar-refractivity contribution in [3.63, 3.8) is 0 Å². The third-order valence-electron chi connectivity index (χ3n) is 2.37. The highest BCUT2D eigenvalue weighted by atomic mass is 16.6. The Labute approximate surface area is 74.3 Å². The van der Waals surface area contributed by atoms with E-state index in [0.717, 1.165) is 6.42 Å². The Morgan fingerprint density at radius 1 is 1.50 bits per heavy atom. The molecule has 70 valence electrons. The minimum absolute atomic E-state index is 0.150. The van der Waals surface area contributed by atoms with Crippen molar-refractivity contribution in [3.8, 4) is 0 Å². The van der Waals surface area contributed by atoms with E-state index in [2.05, 4.69) is 13.8 Å². The molecule has 0 saturated carbocycles. The van der Waals surface area contributed by atoms with Gasteiger partial charge in [0, 0.05) is 5.92 Å². The van der Waals surface area contributed by atoms with Crippen LogP contribution in [0, 0.1) is 11.8 Å². The zero-order chi connectivity index (χ0) is 9.35. The predicted octanol–water partition coefficient (Wildman–Crippen LogP) is 2.03. The molecule has 12 heavy (non-hydrogen) atoms. The lowest BCUT2D eigenvalue weighted by atomic mass is 9.89. The summed E-state index contributed by atoms with van der Waals surface area (Å²) in [6.07, 6.45) is 0.970. The van der Waals surface area contributed by atoms with Gasteiger partial charge in [0.05, 0.1) is 6.61 Å². The van der Waals surface area contributed by atoms with E-state index in [1.165, 1.54) is 0 Å². The fourth-order valence-corrected chi connectivity index (χ4v) is 1.59. The number of carbonyl (C=O) groups is 1. The highest BCUT2D eigenvalue weighted by Gasteiger charge is 2.48. The van der Waals surface area contributed by atoms with Gasteiger partial charge in [-0.05, 0) is 19.3 Å².